The van der Waals surface area contributed by atoms with Crippen LogP contribution in [-0.2, 0) is 15.8 Å². The lowest BCUT2D eigenvalue weighted by molar-refractivity contribution is -0.137. The van der Waals surface area contributed by atoms with E-state index in [4.69, 9.17) is 0 Å². The summed E-state index contributed by atoms with van der Waals surface area (Å²) in [5.41, 5.74) is 2.14. The molecule has 8 nitrogen and oxygen atoms in total. The summed E-state index contributed by atoms with van der Waals surface area (Å²) in [7, 11) is 1.79. The largest absolute Gasteiger partial charge is 0.421 e. The number of hydrogen-bond donors (Lipinski definition) is 3. The van der Waals surface area contributed by atoms with Gasteiger partial charge in [0.05, 0.1) is 0 Å². The van der Waals surface area contributed by atoms with Gasteiger partial charge in [0, 0.05) is 43.3 Å². The number of alkyl halides is 3. The topological polar surface area (TPSA) is 99.2 Å². The highest BCUT2D eigenvalue weighted by Crippen LogP contribution is 2.36. The average Bonchev–Trinajstić information content (AvgIpc) is 2.86. The molecule has 3 aromatic rings. The van der Waals surface area contributed by atoms with Crippen molar-refractivity contribution in [2.45, 2.75) is 31.9 Å². The molecule has 1 aromatic heterocycles. The van der Waals surface area contributed by atoms with Gasteiger partial charge in [-0.25, -0.2) is 4.98 Å². The van der Waals surface area contributed by atoms with E-state index in [1.165, 1.54) is 6.07 Å². The first-order valence-corrected chi connectivity index (χ1v) is 11.9. The number of nitrogens with zero attached hydrogens (tertiary/aromatic N) is 3. The van der Waals surface area contributed by atoms with E-state index in [0.29, 0.717) is 24.3 Å². The number of halogens is 3. The summed E-state index contributed by atoms with van der Waals surface area (Å²) in [6.07, 6.45) is -1.58. The van der Waals surface area contributed by atoms with Gasteiger partial charge in [0.1, 0.15) is 11.4 Å². The molecule has 2 heterocycles. The van der Waals surface area contributed by atoms with Crippen LogP contribution in [0.5, 0.6) is 0 Å². The Bertz CT molecular complexity index is 1380. The first-order valence-electron chi connectivity index (χ1n) is 11.9. The van der Waals surface area contributed by atoms with Gasteiger partial charge in [-0.15, -0.1) is 0 Å². The summed E-state index contributed by atoms with van der Waals surface area (Å²) >= 11 is 0. The fraction of sp³-hybridized carbons (Fsp3) is 0.259. The van der Waals surface area contributed by atoms with Crippen LogP contribution in [0.15, 0.2) is 61.3 Å². The summed E-state index contributed by atoms with van der Waals surface area (Å²) in [5.74, 6) is -0.691. The quantitative estimate of drug-likeness (QED) is 0.341. The summed E-state index contributed by atoms with van der Waals surface area (Å²) in [6.45, 7) is 5.94. The standard InChI is InChI=1S/C27H27F3N6O2/c1-4-23(37)32-19-6-5-7-20(14-19)33-25-21(27(28,29)30)15-31-26(35-25)34-22-9-8-17(12-16(22)2)18-10-11-36(3)24(38)13-18/h4-9,12,14-15,18H,1,10-11,13H2,2-3H3,(H,32,37)(H2,31,33,34,35). The Morgan fingerprint density at radius 3 is 2.61 bits per heavy atom. The van der Waals surface area contributed by atoms with Gasteiger partial charge < -0.3 is 20.9 Å². The Balaban J connectivity index is 1.57. The lowest BCUT2D eigenvalue weighted by atomic mass is 9.88. The van der Waals surface area contributed by atoms with E-state index < -0.39 is 23.5 Å². The van der Waals surface area contributed by atoms with Crippen LogP contribution in [0, 0.1) is 6.92 Å². The minimum absolute atomic E-state index is 0.0260. The van der Waals surface area contributed by atoms with E-state index in [1.54, 1.807) is 30.1 Å². The monoisotopic (exact) mass is 524 g/mol. The van der Waals surface area contributed by atoms with Crippen LogP contribution in [0.25, 0.3) is 0 Å². The fourth-order valence-electron chi connectivity index (χ4n) is 4.18. The van der Waals surface area contributed by atoms with Crippen LogP contribution in [0.4, 0.5) is 42.0 Å². The Hall–Kier alpha value is -4.41. The van der Waals surface area contributed by atoms with Crippen molar-refractivity contribution < 1.29 is 22.8 Å². The number of nitrogens with one attached hydrogen (secondary N) is 3. The zero-order chi connectivity index (χ0) is 27.4. The second-order valence-electron chi connectivity index (χ2n) is 9.06. The maximum Gasteiger partial charge on any atom is 0.421 e. The third-order valence-electron chi connectivity index (χ3n) is 6.30. The number of piperidine rings is 1. The number of benzene rings is 2. The Morgan fingerprint density at radius 1 is 1.16 bits per heavy atom. The molecule has 2 amide bonds. The lowest BCUT2D eigenvalue weighted by Gasteiger charge is -2.29. The minimum atomic E-state index is -4.70. The molecule has 1 saturated heterocycles. The molecule has 198 valence electrons. The molecule has 0 aliphatic carbocycles. The number of carbonyl (C=O) groups excluding carboxylic acids is 2. The Labute approximate surface area is 218 Å². The molecular formula is C27H27F3N6O2. The predicted octanol–water partition coefficient (Wildman–Crippen LogP) is 5.75. The van der Waals surface area contributed by atoms with Crippen LogP contribution in [0.2, 0.25) is 0 Å². The number of carbonyl (C=O) groups is 2. The van der Waals surface area contributed by atoms with E-state index in [2.05, 4.69) is 32.5 Å². The molecule has 1 aliphatic rings. The molecule has 3 N–H and O–H groups in total. The number of hydrogen-bond acceptors (Lipinski definition) is 6. The average molecular weight is 525 g/mol. The summed E-state index contributed by atoms with van der Waals surface area (Å²) in [5, 5.41) is 8.24. The van der Waals surface area contributed by atoms with E-state index in [1.807, 2.05) is 25.1 Å². The van der Waals surface area contributed by atoms with Gasteiger partial charge in [-0.05, 0) is 60.7 Å². The highest BCUT2D eigenvalue weighted by atomic mass is 19.4. The van der Waals surface area contributed by atoms with Crippen LogP contribution < -0.4 is 16.0 Å². The van der Waals surface area contributed by atoms with E-state index in [9.17, 15) is 22.8 Å². The fourth-order valence-corrected chi connectivity index (χ4v) is 4.18. The number of rotatable bonds is 7. The third-order valence-corrected chi connectivity index (χ3v) is 6.30. The molecule has 1 fully saturated rings. The maximum atomic E-state index is 13.7. The number of likely N-dealkylation sites (tertiary alicyclic amines) is 1. The second kappa shape index (κ2) is 10.9. The van der Waals surface area contributed by atoms with Crippen molar-refractivity contribution in [3.63, 3.8) is 0 Å². The van der Waals surface area contributed by atoms with E-state index in [0.717, 1.165) is 29.8 Å². The lowest BCUT2D eigenvalue weighted by Crippen LogP contribution is -2.34. The third kappa shape index (κ3) is 6.28. The maximum absolute atomic E-state index is 13.7. The number of anilines is 5. The van der Waals surface area contributed by atoms with E-state index >= 15 is 0 Å². The first-order chi connectivity index (χ1) is 18.0. The van der Waals surface area contributed by atoms with Gasteiger partial charge in [-0.3, -0.25) is 9.59 Å². The minimum Gasteiger partial charge on any atom is -0.346 e. The molecule has 11 heteroatoms. The molecule has 2 aromatic carbocycles. The van der Waals surface area contributed by atoms with Crippen LogP contribution in [-0.4, -0.2) is 40.3 Å². The molecule has 1 unspecified atom stereocenters. The Kier molecular flexibility index (Phi) is 7.65. The second-order valence-corrected chi connectivity index (χ2v) is 9.06. The first kappa shape index (κ1) is 26.6. The molecule has 4 rings (SSSR count). The van der Waals surface area contributed by atoms with Crippen LogP contribution >= 0.6 is 0 Å². The van der Waals surface area contributed by atoms with Crippen LogP contribution in [0.1, 0.15) is 35.4 Å². The van der Waals surface area contributed by atoms with Crippen molar-refractivity contribution in [2.75, 3.05) is 29.5 Å². The van der Waals surface area contributed by atoms with Crippen molar-refractivity contribution in [3.8, 4) is 0 Å². The smallest absolute Gasteiger partial charge is 0.346 e. The SMILES string of the molecule is C=CC(=O)Nc1cccc(Nc2nc(Nc3ccc(C4CCN(C)C(=O)C4)cc3C)ncc2C(F)(F)F)c1. The highest BCUT2D eigenvalue weighted by molar-refractivity contribution is 5.99. The molecule has 1 aliphatic heterocycles. The predicted molar refractivity (Wildman–Crippen MR) is 140 cm³/mol. The van der Waals surface area contributed by atoms with Gasteiger partial charge in [-0.1, -0.05) is 24.8 Å². The van der Waals surface area contributed by atoms with Gasteiger partial charge in [0.25, 0.3) is 0 Å². The van der Waals surface area contributed by atoms with Gasteiger partial charge in [-0.2, -0.15) is 18.2 Å². The van der Waals surface area contributed by atoms with Crippen molar-refractivity contribution in [1.82, 2.24) is 14.9 Å². The zero-order valence-corrected chi connectivity index (χ0v) is 20.9. The van der Waals surface area contributed by atoms with E-state index in [-0.39, 0.29) is 23.5 Å². The summed E-state index contributed by atoms with van der Waals surface area (Å²) in [6, 6.07) is 11.9. The zero-order valence-electron chi connectivity index (χ0n) is 20.9. The van der Waals surface area contributed by atoms with Crippen molar-refractivity contribution in [3.05, 3.63) is 78.0 Å². The molecule has 0 bridgehead atoms. The van der Waals surface area contributed by atoms with Gasteiger partial charge >= 0.3 is 6.18 Å². The van der Waals surface area contributed by atoms with Crippen molar-refractivity contribution >= 4 is 40.6 Å². The molecule has 0 radical (unpaired) electrons. The number of aryl methyl sites for hydroxylation is 1. The summed E-state index contributed by atoms with van der Waals surface area (Å²) < 4.78 is 41.1. The highest BCUT2D eigenvalue weighted by Gasteiger charge is 2.35. The Morgan fingerprint density at radius 2 is 1.92 bits per heavy atom. The molecule has 38 heavy (non-hydrogen) atoms. The van der Waals surface area contributed by atoms with Crippen molar-refractivity contribution in [2.24, 2.45) is 0 Å². The van der Waals surface area contributed by atoms with Crippen LogP contribution in [0.3, 0.4) is 0 Å². The van der Waals surface area contributed by atoms with Gasteiger partial charge in [0.2, 0.25) is 17.8 Å². The van der Waals surface area contributed by atoms with Crippen molar-refractivity contribution in [1.29, 1.82) is 0 Å². The number of amides is 2. The summed E-state index contributed by atoms with van der Waals surface area (Å²) in [4.78, 5) is 33.4. The number of aromatic nitrogens is 2. The molecular weight excluding hydrogens is 497 g/mol. The van der Waals surface area contributed by atoms with Gasteiger partial charge in [0.15, 0.2) is 0 Å². The molecule has 0 saturated carbocycles. The molecule has 1 atom stereocenters. The molecule has 0 spiro atoms. The normalized spacial score (nSPS) is 15.7.